The molecule has 6 N–H and O–H groups in total. The summed E-state index contributed by atoms with van der Waals surface area (Å²) in [6, 6.07) is 10.1. The fraction of sp³-hybridized carbons (Fsp3) is 0.654. The molecule has 1 fully saturated rings. The molecule has 1 unspecified atom stereocenters. The number of aliphatic hydroxyl groups excluding tert-OH is 3. The van der Waals surface area contributed by atoms with E-state index in [4.69, 9.17) is 10.4 Å². The summed E-state index contributed by atoms with van der Waals surface area (Å²) >= 11 is 0. The maximum Gasteiger partial charge on any atom is 0.220 e. The Morgan fingerprint density at radius 2 is 1.86 bits per heavy atom. The first-order valence-corrected chi connectivity index (χ1v) is 12.6. The van der Waals surface area contributed by atoms with Gasteiger partial charge in [0.25, 0.3) is 0 Å². The summed E-state index contributed by atoms with van der Waals surface area (Å²) in [6.07, 6.45) is 7.44. The molecule has 0 radical (unpaired) electrons. The van der Waals surface area contributed by atoms with E-state index in [0.29, 0.717) is 44.9 Å². The van der Waals surface area contributed by atoms with Gasteiger partial charge in [-0.2, -0.15) is 0 Å². The van der Waals surface area contributed by atoms with Gasteiger partial charge in [-0.25, -0.2) is 4.84 Å². The number of allylic oxidation sites excluding steroid dienone is 2. The van der Waals surface area contributed by atoms with Crippen LogP contribution in [0.3, 0.4) is 0 Å². The fourth-order valence-electron chi connectivity index (χ4n) is 4.71. The van der Waals surface area contributed by atoms with Crippen molar-refractivity contribution in [1.29, 1.82) is 0 Å². The SMILES string of the molecule is CC(CNC(=O)CCC/C=C\C[C@@H]1[C@@H](CC[C@@H](O)CCc2ccccc2)[C@H](O)C[C@@H]1O)ON(O)O. The van der Waals surface area contributed by atoms with E-state index in [9.17, 15) is 20.1 Å². The van der Waals surface area contributed by atoms with Crippen molar-refractivity contribution in [2.45, 2.75) is 89.1 Å². The average molecular weight is 495 g/mol. The Hall–Kier alpha value is -1.85. The highest BCUT2D eigenvalue weighted by Crippen LogP contribution is 2.38. The number of nitrogens with zero attached hydrogens (tertiary/aromatic N) is 1. The zero-order valence-electron chi connectivity index (χ0n) is 20.6. The second-order valence-corrected chi connectivity index (χ2v) is 9.53. The molecule has 0 aromatic heterocycles. The lowest BCUT2D eigenvalue weighted by Crippen LogP contribution is -2.34. The van der Waals surface area contributed by atoms with Crippen LogP contribution in [-0.4, -0.2) is 68.0 Å². The van der Waals surface area contributed by atoms with Gasteiger partial charge < -0.3 is 20.6 Å². The van der Waals surface area contributed by atoms with Crippen LogP contribution in [0.15, 0.2) is 42.5 Å². The first-order valence-electron chi connectivity index (χ1n) is 12.6. The molecule has 0 heterocycles. The lowest BCUT2D eigenvalue weighted by atomic mass is 9.85. The summed E-state index contributed by atoms with van der Waals surface area (Å²) in [4.78, 5) is 16.4. The number of aryl methyl sites for hydroxylation is 1. The zero-order chi connectivity index (χ0) is 25.6. The average Bonchev–Trinajstić information content (AvgIpc) is 3.09. The van der Waals surface area contributed by atoms with Gasteiger partial charge in [0.05, 0.1) is 29.8 Å². The highest BCUT2D eigenvalue weighted by atomic mass is 17.1. The van der Waals surface area contributed by atoms with Crippen molar-refractivity contribution in [3.05, 3.63) is 48.0 Å². The van der Waals surface area contributed by atoms with Crippen LogP contribution in [0.4, 0.5) is 0 Å². The van der Waals surface area contributed by atoms with Crippen molar-refractivity contribution in [3.63, 3.8) is 0 Å². The van der Waals surface area contributed by atoms with Gasteiger partial charge in [-0.05, 0) is 75.7 Å². The molecule has 9 heteroatoms. The molecule has 198 valence electrons. The summed E-state index contributed by atoms with van der Waals surface area (Å²) in [6.45, 7) is 1.76. The molecule has 35 heavy (non-hydrogen) atoms. The Balaban J connectivity index is 1.65. The first-order chi connectivity index (χ1) is 16.8. The first kappa shape index (κ1) is 29.4. The number of unbranched alkanes of at least 4 members (excludes halogenated alkanes) is 1. The normalized spacial score (nSPS) is 24.2. The maximum absolute atomic E-state index is 11.8. The third-order valence-corrected chi connectivity index (χ3v) is 6.67. The van der Waals surface area contributed by atoms with Crippen LogP contribution < -0.4 is 5.32 Å². The monoisotopic (exact) mass is 494 g/mol. The minimum Gasteiger partial charge on any atom is -0.393 e. The predicted molar refractivity (Wildman–Crippen MR) is 130 cm³/mol. The van der Waals surface area contributed by atoms with Crippen molar-refractivity contribution >= 4 is 5.91 Å². The Morgan fingerprint density at radius 1 is 1.14 bits per heavy atom. The molecule has 0 spiro atoms. The molecule has 1 aromatic carbocycles. The van der Waals surface area contributed by atoms with Gasteiger partial charge in [0.1, 0.15) is 0 Å². The van der Waals surface area contributed by atoms with Gasteiger partial charge in [0.15, 0.2) is 0 Å². The smallest absolute Gasteiger partial charge is 0.220 e. The third-order valence-electron chi connectivity index (χ3n) is 6.67. The number of hydrogen-bond acceptors (Lipinski definition) is 8. The standard InChI is InChI=1S/C26H42N2O7/c1-19(35-28(33)34)18-27-26(32)12-8-3-2-7-11-22-23(25(31)17-24(22)30)16-15-21(29)14-13-20-9-5-4-6-10-20/h2,4-7,9-10,19,21-25,29-31,33-34H,3,8,11-18H2,1H3,(H,27,32)/b7-2-/t19?,21-,22+,23+,24-,25+/m0/s1. The molecule has 1 saturated carbocycles. The molecule has 1 aromatic rings. The van der Waals surface area contributed by atoms with Crippen molar-refractivity contribution in [1.82, 2.24) is 10.7 Å². The van der Waals surface area contributed by atoms with Crippen molar-refractivity contribution in [2.75, 3.05) is 6.54 Å². The number of aliphatic hydroxyl groups is 3. The molecule has 1 aliphatic carbocycles. The van der Waals surface area contributed by atoms with Gasteiger partial charge in [-0.1, -0.05) is 42.5 Å². The molecular weight excluding hydrogens is 452 g/mol. The van der Waals surface area contributed by atoms with Gasteiger partial charge in [0, 0.05) is 13.0 Å². The van der Waals surface area contributed by atoms with E-state index in [1.165, 1.54) is 5.56 Å². The van der Waals surface area contributed by atoms with Crippen LogP contribution in [0, 0.1) is 11.8 Å². The minimum absolute atomic E-state index is 0.0371. The molecule has 1 aliphatic rings. The number of carbonyl (C=O) groups is 1. The number of rotatable bonds is 16. The Labute approximate surface area is 207 Å². The largest absolute Gasteiger partial charge is 0.393 e. The summed E-state index contributed by atoms with van der Waals surface area (Å²) in [5.41, 5.74) is 1.20. The fourth-order valence-corrected chi connectivity index (χ4v) is 4.71. The van der Waals surface area contributed by atoms with E-state index in [2.05, 4.69) is 22.3 Å². The number of carbonyl (C=O) groups excluding carboxylic acids is 1. The minimum atomic E-state index is -0.569. The van der Waals surface area contributed by atoms with E-state index in [-0.39, 0.29) is 29.7 Å². The van der Waals surface area contributed by atoms with Gasteiger partial charge in [-0.3, -0.25) is 15.2 Å². The van der Waals surface area contributed by atoms with Crippen molar-refractivity contribution in [2.24, 2.45) is 11.8 Å². The van der Waals surface area contributed by atoms with E-state index < -0.39 is 24.4 Å². The van der Waals surface area contributed by atoms with E-state index >= 15 is 0 Å². The summed E-state index contributed by atoms with van der Waals surface area (Å²) in [5.74, 6) is -0.216. The second kappa shape index (κ2) is 16.0. The third kappa shape index (κ3) is 11.6. The molecular formula is C26H42N2O7. The molecule has 0 bridgehead atoms. The molecule has 6 atom stereocenters. The molecule has 0 saturated heterocycles. The van der Waals surface area contributed by atoms with Gasteiger partial charge >= 0.3 is 0 Å². The molecule has 1 amide bonds. The van der Waals surface area contributed by atoms with Gasteiger partial charge in [0.2, 0.25) is 5.91 Å². The van der Waals surface area contributed by atoms with Crippen LogP contribution in [0.1, 0.15) is 63.9 Å². The highest BCUT2D eigenvalue weighted by molar-refractivity contribution is 5.75. The number of benzene rings is 1. The molecule has 9 nitrogen and oxygen atoms in total. The van der Waals surface area contributed by atoms with E-state index in [0.717, 1.165) is 12.8 Å². The summed E-state index contributed by atoms with van der Waals surface area (Å²) in [7, 11) is 0. The Bertz CT molecular complexity index is 746. The highest BCUT2D eigenvalue weighted by Gasteiger charge is 2.40. The number of hydrogen-bond donors (Lipinski definition) is 6. The van der Waals surface area contributed by atoms with Crippen LogP contribution in [0.25, 0.3) is 0 Å². The van der Waals surface area contributed by atoms with Crippen molar-refractivity contribution < 1.29 is 35.4 Å². The number of nitrogens with one attached hydrogen (secondary N) is 1. The number of amides is 1. The van der Waals surface area contributed by atoms with Crippen LogP contribution in [0.2, 0.25) is 0 Å². The summed E-state index contributed by atoms with van der Waals surface area (Å²) < 4.78 is 0. The lowest BCUT2D eigenvalue weighted by Gasteiger charge is -2.23. The zero-order valence-corrected chi connectivity index (χ0v) is 20.6. The lowest BCUT2D eigenvalue weighted by molar-refractivity contribution is -0.502. The van der Waals surface area contributed by atoms with Crippen LogP contribution in [0.5, 0.6) is 0 Å². The molecule has 2 rings (SSSR count). The molecule has 0 aliphatic heterocycles. The maximum atomic E-state index is 11.8. The Morgan fingerprint density at radius 3 is 2.57 bits per heavy atom. The Kier molecular flexibility index (Phi) is 13.4. The quantitative estimate of drug-likeness (QED) is 0.117. The van der Waals surface area contributed by atoms with Crippen molar-refractivity contribution in [3.8, 4) is 0 Å². The topological polar surface area (TPSA) is 143 Å². The van der Waals surface area contributed by atoms with Gasteiger partial charge in [-0.15, -0.1) is 0 Å². The summed E-state index contributed by atoms with van der Waals surface area (Å²) in [5, 5.41) is 50.7. The van der Waals surface area contributed by atoms with Crippen LogP contribution in [-0.2, 0) is 16.1 Å². The predicted octanol–water partition coefficient (Wildman–Crippen LogP) is 2.75. The van der Waals surface area contributed by atoms with Crippen LogP contribution >= 0.6 is 0 Å². The van der Waals surface area contributed by atoms with E-state index in [1.54, 1.807) is 6.92 Å². The second-order valence-electron chi connectivity index (χ2n) is 9.53. The van der Waals surface area contributed by atoms with E-state index in [1.807, 2.05) is 30.4 Å².